The van der Waals surface area contributed by atoms with Gasteiger partial charge in [0.05, 0.1) is 12.1 Å². The molecule has 1 saturated heterocycles. The smallest absolute Gasteiger partial charge is 0.274 e. The molecule has 1 aliphatic rings. The van der Waals surface area contributed by atoms with Crippen LogP contribution in [0.4, 0.5) is 5.82 Å². The van der Waals surface area contributed by atoms with Crippen molar-refractivity contribution < 1.29 is 13.2 Å². The van der Waals surface area contributed by atoms with E-state index in [9.17, 15) is 8.42 Å². The Balaban J connectivity index is 1.71. The molecule has 3 N–H and O–H groups in total. The highest BCUT2D eigenvalue weighted by atomic mass is 32.2. The van der Waals surface area contributed by atoms with Gasteiger partial charge in [0.15, 0.2) is 0 Å². The summed E-state index contributed by atoms with van der Waals surface area (Å²) in [5, 5.41) is 5.90. The van der Waals surface area contributed by atoms with Crippen molar-refractivity contribution in [2.75, 3.05) is 31.1 Å². The van der Waals surface area contributed by atoms with E-state index in [1.54, 1.807) is 6.33 Å². The lowest BCUT2D eigenvalue weighted by molar-refractivity contribution is 0.338. The van der Waals surface area contributed by atoms with E-state index in [4.69, 9.17) is 9.88 Å². The lowest BCUT2D eigenvalue weighted by Crippen LogP contribution is -2.48. The highest BCUT2D eigenvalue weighted by Gasteiger charge is 2.29. The topological polar surface area (TPSA) is 110 Å². The first kappa shape index (κ1) is 17.8. The predicted molar refractivity (Wildman–Crippen MR) is 96.9 cm³/mol. The summed E-state index contributed by atoms with van der Waals surface area (Å²) in [5.74, 6) is 2.15. The van der Waals surface area contributed by atoms with E-state index in [0.717, 1.165) is 47.5 Å². The molecule has 0 unspecified atom stereocenters. The average molecular weight is 365 g/mol. The second-order valence-corrected chi connectivity index (χ2v) is 7.64. The van der Waals surface area contributed by atoms with Gasteiger partial charge in [-0.2, -0.15) is 8.42 Å². The summed E-state index contributed by atoms with van der Waals surface area (Å²) in [4.78, 5) is 11.0. The lowest BCUT2D eigenvalue weighted by atomic mass is 9.96. The molecule has 2 heterocycles. The molecule has 25 heavy (non-hydrogen) atoms. The molecule has 0 amide bonds. The van der Waals surface area contributed by atoms with E-state index in [1.165, 1.54) is 0 Å². The zero-order valence-electron chi connectivity index (χ0n) is 14.4. The Hall–Kier alpha value is -1.97. The number of anilines is 1. The maximum Gasteiger partial charge on any atom is 0.274 e. The van der Waals surface area contributed by atoms with Crippen molar-refractivity contribution in [2.45, 2.75) is 20.3 Å². The lowest BCUT2D eigenvalue weighted by Gasteiger charge is -2.40. The van der Waals surface area contributed by atoms with Crippen molar-refractivity contribution >= 4 is 26.9 Å². The molecule has 0 radical (unpaired) electrons. The summed E-state index contributed by atoms with van der Waals surface area (Å²) in [6.45, 7) is 6.59. The number of benzene rings is 1. The number of aromatic nitrogens is 2. The number of rotatable bonds is 7. The number of fused-ring (bicyclic) bond motifs is 1. The fourth-order valence-electron chi connectivity index (χ4n) is 3.07. The van der Waals surface area contributed by atoms with Gasteiger partial charge in [-0.25, -0.2) is 19.8 Å². The van der Waals surface area contributed by atoms with Crippen molar-refractivity contribution in [3.63, 3.8) is 0 Å². The quantitative estimate of drug-likeness (QED) is 0.756. The highest BCUT2D eigenvalue weighted by molar-refractivity contribution is 7.87. The van der Waals surface area contributed by atoms with Crippen LogP contribution in [0.2, 0.25) is 0 Å². The number of nitrogens with two attached hydrogens (primary N) is 1. The third-order valence-corrected chi connectivity index (χ3v) is 4.93. The molecule has 0 aliphatic carbocycles. The van der Waals surface area contributed by atoms with Crippen molar-refractivity contribution in [1.82, 2.24) is 14.7 Å². The standard InChI is InChI=1S/C16H23N5O3S/c1-3-24-15-7-13-14(6-11(15)2)18-10-19-16(13)21-8-12(9-21)4-5-20-25(17,22)23/h6-7,10,12,20H,3-5,8-9H2,1-2H3,(H2,17,22,23). The number of nitrogens with zero attached hydrogens (tertiary/aromatic N) is 3. The number of hydrogen-bond donors (Lipinski definition) is 2. The summed E-state index contributed by atoms with van der Waals surface area (Å²) in [5.41, 5.74) is 1.94. The Bertz CT molecular complexity index is 865. The molecule has 1 aromatic carbocycles. The molecule has 8 nitrogen and oxygen atoms in total. The SMILES string of the molecule is CCOc1cc2c(N3CC(CCNS(N)(=O)=O)C3)ncnc2cc1C. The van der Waals surface area contributed by atoms with Gasteiger partial charge in [-0.05, 0) is 43.9 Å². The van der Waals surface area contributed by atoms with Crippen LogP contribution in [-0.4, -0.2) is 44.6 Å². The summed E-state index contributed by atoms with van der Waals surface area (Å²) in [6.07, 6.45) is 2.33. The van der Waals surface area contributed by atoms with E-state index >= 15 is 0 Å². The van der Waals surface area contributed by atoms with Gasteiger partial charge in [-0.3, -0.25) is 0 Å². The number of ether oxygens (including phenoxy) is 1. The largest absolute Gasteiger partial charge is 0.494 e. The first-order chi connectivity index (χ1) is 11.9. The molecule has 1 aromatic heterocycles. The third kappa shape index (κ3) is 4.17. The number of aryl methyl sites for hydroxylation is 1. The molecule has 3 rings (SSSR count). The molecule has 0 bridgehead atoms. The Morgan fingerprint density at radius 2 is 2.12 bits per heavy atom. The molecule has 0 saturated carbocycles. The van der Waals surface area contributed by atoms with Crippen LogP contribution in [0, 0.1) is 12.8 Å². The molecule has 136 valence electrons. The van der Waals surface area contributed by atoms with Gasteiger partial charge < -0.3 is 9.64 Å². The van der Waals surface area contributed by atoms with E-state index < -0.39 is 10.2 Å². The second kappa shape index (κ2) is 7.11. The fourth-order valence-corrected chi connectivity index (χ4v) is 3.47. The van der Waals surface area contributed by atoms with Gasteiger partial charge in [0.2, 0.25) is 0 Å². The van der Waals surface area contributed by atoms with Gasteiger partial charge in [0, 0.05) is 25.0 Å². The molecule has 2 aromatic rings. The Morgan fingerprint density at radius 3 is 2.80 bits per heavy atom. The Kier molecular flexibility index (Phi) is 5.07. The maximum atomic E-state index is 10.9. The van der Waals surface area contributed by atoms with Crippen molar-refractivity contribution in [2.24, 2.45) is 11.1 Å². The first-order valence-corrected chi connectivity index (χ1v) is 9.82. The molecule has 9 heteroatoms. The van der Waals surface area contributed by atoms with Gasteiger partial charge in [-0.15, -0.1) is 0 Å². The van der Waals surface area contributed by atoms with Crippen LogP contribution in [0.15, 0.2) is 18.5 Å². The minimum absolute atomic E-state index is 0.357. The molecule has 1 fully saturated rings. The maximum absolute atomic E-state index is 10.9. The van der Waals surface area contributed by atoms with E-state index in [0.29, 0.717) is 19.1 Å². The van der Waals surface area contributed by atoms with Crippen LogP contribution in [0.25, 0.3) is 10.9 Å². The molecule has 0 atom stereocenters. The van der Waals surface area contributed by atoms with Gasteiger partial charge in [0.1, 0.15) is 17.9 Å². The van der Waals surface area contributed by atoms with Crippen molar-refractivity contribution in [3.05, 3.63) is 24.0 Å². The molecular weight excluding hydrogens is 342 g/mol. The van der Waals surface area contributed by atoms with Crippen LogP contribution < -0.4 is 19.5 Å². The Morgan fingerprint density at radius 1 is 1.36 bits per heavy atom. The normalized spacial score (nSPS) is 15.4. The minimum Gasteiger partial charge on any atom is -0.494 e. The van der Waals surface area contributed by atoms with Crippen LogP contribution in [-0.2, 0) is 10.2 Å². The molecule has 0 spiro atoms. The first-order valence-electron chi connectivity index (χ1n) is 8.28. The minimum atomic E-state index is -3.61. The summed E-state index contributed by atoms with van der Waals surface area (Å²) < 4.78 is 29.8. The van der Waals surface area contributed by atoms with E-state index in [1.807, 2.05) is 26.0 Å². The van der Waals surface area contributed by atoms with Crippen LogP contribution in [0.3, 0.4) is 0 Å². The zero-order chi connectivity index (χ0) is 18.0. The molecule has 1 aliphatic heterocycles. The summed E-state index contributed by atoms with van der Waals surface area (Å²) in [7, 11) is -3.61. The number of nitrogens with one attached hydrogen (secondary N) is 1. The monoisotopic (exact) mass is 365 g/mol. The second-order valence-electron chi connectivity index (χ2n) is 6.26. The van der Waals surface area contributed by atoms with Crippen LogP contribution in [0.5, 0.6) is 5.75 Å². The van der Waals surface area contributed by atoms with E-state index in [2.05, 4.69) is 19.6 Å². The highest BCUT2D eigenvalue weighted by Crippen LogP contribution is 2.33. The Labute approximate surface area is 147 Å². The third-order valence-electron chi connectivity index (χ3n) is 4.32. The number of hydrogen-bond acceptors (Lipinski definition) is 6. The van der Waals surface area contributed by atoms with Gasteiger partial charge in [0.25, 0.3) is 10.2 Å². The van der Waals surface area contributed by atoms with Gasteiger partial charge >= 0.3 is 0 Å². The van der Waals surface area contributed by atoms with Crippen LogP contribution >= 0.6 is 0 Å². The summed E-state index contributed by atoms with van der Waals surface area (Å²) >= 11 is 0. The van der Waals surface area contributed by atoms with Crippen molar-refractivity contribution in [3.8, 4) is 5.75 Å². The predicted octanol–water partition coefficient (Wildman–Crippen LogP) is 0.956. The van der Waals surface area contributed by atoms with Crippen molar-refractivity contribution in [1.29, 1.82) is 0 Å². The average Bonchev–Trinajstić information content (AvgIpc) is 2.49. The van der Waals surface area contributed by atoms with Gasteiger partial charge in [-0.1, -0.05) is 0 Å². The van der Waals surface area contributed by atoms with E-state index in [-0.39, 0.29) is 0 Å². The zero-order valence-corrected chi connectivity index (χ0v) is 15.2. The fraction of sp³-hybridized carbons (Fsp3) is 0.500. The van der Waals surface area contributed by atoms with Crippen LogP contribution in [0.1, 0.15) is 18.9 Å². The summed E-state index contributed by atoms with van der Waals surface area (Å²) in [6, 6.07) is 4.01. The molecular formula is C16H23N5O3S.